The zero-order valence-corrected chi connectivity index (χ0v) is 16.1. The molecule has 0 spiro atoms. The summed E-state index contributed by atoms with van der Waals surface area (Å²) in [6.07, 6.45) is 6.60. The van der Waals surface area contributed by atoms with E-state index in [-0.39, 0.29) is 17.6 Å². The van der Waals surface area contributed by atoms with Crippen molar-refractivity contribution in [2.75, 3.05) is 7.05 Å². The third kappa shape index (κ3) is 4.38. The fourth-order valence-corrected chi connectivity index (χ4v) is 3.24. The Morgan fingerprint density at radius 3 is 2.31 bits per heavy atom. The van der Waals surface area contributed by atoms with E-state index in [2.05, 4.69) is 15.9 Å². The molecule has 3 rings (SSSR count). The summed E-state index contributed by atoms with van der Waals surface area (Å²) in [6, 6.07) is 16.6. The number of ketones is 2. The minimum absolute atomic E-state index is 0.0466. The normalized spacial score (nSPS) is 16.3. The highest BCUT2D eigenvalue weighted by molar-refractivity contribution is 9.10. The fourth-order valence-electron chi connectivity index (χ4n) is 2.98. The van der Waals surface area contributed by atoms with E-state index in [9.17, 15) is 9.59 Å². The molecule has 2 aromatic carbocycles. The van der Waals surface area contributed by atoms with Crippen LogP contribution in [0.15, 0.2) is 83.0 Å². The van der Waals surface area contributed by atoms with Crippen molar-refractivity contribution >= 4 is 27.5 Å². The van der Waals surface area contributed by atoms with Crippen LogP contribution in [0.4, 0.5) is 0 Å². The van der Waals surface area contributed by atoms with Gasteiger partial charge in [-0.3, -0.25) is 9.59 Å². The van der Waals surface area contributed by atoms with Gasteiger partial charge in [-0.2, -0.15) is 0 Å². The van der Waals surface area contributed by atoms with Gasteiger partial charge in [0.1, 0.15) is 0 Å². The number of carbonyl (C=O) groups is 2. The van der Waals surface area contributed by atoms with Gasteiger partial charge >= 0.3 is 0 Å². The van der Waals surface area contributed by atoms with Crippen LogP contribution in [0.5, 0.6) is 0 Å². The van der Waals surface area contributed by atoms with E-state index >= 15 is 0 Å². The summed E-state index contributed by atoms with van der Waals surface area (Å²) >= 11 is 3.38. The highest BCUT2D eigenvalue weighted by Crippen LogP contribution is 2.23. The molecule has 1 unspecified atom stereocenters. The lowest BCUT2D eigenvalue weighted by Gasteiger charge is -2.32. The average molecular weight is 410 g/mol. The molecule has 1 aliphatic heterocycles. The smallest absolute Gasteiger partial charge is 0.168 e. The second kappa shape index (κ2) is 8.28. The fraction of sp³-hybridized carbons (Fsp3) is 0.182. The van der Waals surface area contributed by atoms with Crippen molar-refractivity contribution in [1.82, 2.24) is 4.90 Å². The summed E-state index contributed by atoms with van der Waals surface area (Å²) < 4.78 is 0.952. The Hall–Kier alpha value is -2.46. The van der Waals surface area contributed by atoms with Gasteiger partial charge in [0, 0.05) is 34.8 Å². The molecule has 0 saturated carbocycles. The van der Waals surface area contributed by atoms with E-state index in [1.807, 2.05) is 84.8 Å². The number of rotatable bonds is 6. The maximum atomic E-state index is 12.6. The molecule has 0 radical (unpaired) electrons. The Balaban J connectivity index is 1.65. The van der Waals surface area contributed by atoms with Crippen LogP contribution in [-0.2, 0) is 0 Å². The van der Waals surface area contributed by atoms with E-state index in [4.69, 9.17) is 0 Å². The van der Waals surface area contributed by atoms with E-state index in [1.165, 1.54) is 0 Å². The SMILES string of the molecule is CN1C(CC(=O)c2ccccc2)=CC=CC1CC(=O)c1ccc(Br)cc1. The molecule has 26 heavy (non-hydrogen) atoms. The second-order valence-electron chi connectivity index (χ2n) is 6.32. The molecule has 132 valence electrons. The number of Topliss-reactive ketones (excluding diaryl/α,β-unsaturated/α-hetero) is 2. The number of carbonyl (C=O) groups excluding carboxylic acids is 2. The lowest BCUT2D eigenvalue weighted by atomic mass is 9.98. The van der Waals surface area contributed by atoms with Crippen molar-refractivity contribution in [2.45, 2.75) is 18.9 Å². The Morgan fingerprint density at radius 2 is 1.62 bits per heavy atom. The van der Waals surface area contributed by atoms with Crippen LogP contribution in [-0.4, -0.2) is 29.6 Å². The molecule has 0 bridgehead atoms. The first-order chi connectivity index (χ1) is 12.5. The lowest BCUT2D eigenvalue weighted by Crippen LogP contribution is -2.34. The molecular formula is C22H20BrNO2. The predicted molar refractivity (Wildman–Crippen MR) is 107 cm³/mol. The van der Waals surface area contributed by atoms with Crippen LogP contribution in [0.2, 0.25) is 0 Å². The number of hydrogen-bond acceptors (Lipinski definition) is 3. The van der Waals surface area contributed by atoms with Crippen LogP contribution < -0.4 is 0 Å². The molecule has 0 aromatic heterocycles. The van der Waals surface area contributed by atoms with Gasteiger partial charge in [0.25, 0.3) is 0 Å². The van der Waals surface area contributed by atoms with Crippen molar-refractivity contribution in [2.24, 2.45) is 0 Å². The first kappa shape index (κ1) is 18.3. The standard InChI is InChI=1S/C22H20BrNO2/c1-24-19(14-21(25)16-6-3-2-4-7-16)8-5-9-20(24)15-22(26)17-10-12-18(23)13-11-17/h2-13,20H,14-15H2,1H3. The van der Waals surface area contributed by atoms with E-state index in [1.54, 1.807) is 0 Å². The Labute approximate surface area is 162 Å². The van der Waals surface area contributed by atoms with Crippen molar-refractivity contribution in [3.8, 4) is 0 Å². The van der Waals surface area contributed by atoms with Gasteiger partial charge < -0.3 is 4.90 Å². The van der Waals surface area contributed by atoms with Gasteiger partial charge in [-0.15, -0.1) is 0 Å². The van der Waals surface area contributed by atoms with Gasteiger partial charge in [0.15, 0.2) is 11.6 Å². The first-order valence-electron chi connectivity index (χ1n) is 8.52. The Morgan fingerprint density at radius 1 is 0.962 bits per heavy atom. The lowest BCUT2D eigenvalue weighted by molar-refractivity contribution is 0.0954. The largest absolute Gasteiger partial charge is 0.371 e. The van der Waals surface area contributed by atoms with Crippen LogP contribution in [0, 0.1) is 0 Å². The maximum absolute atomic E-state index is 12.6. The Kier molecular flexibility index (Phi) is 5.84. The molecule has 0 aliphatic carbocycles. The van der Waals surface area contributed by atoms with Crippen LogP contribution in [0.3, 0.4) is 0 Å². The third-order valence-corrected chi connectivity index (χ3v) is 5.10. The molecule has 1 atom stereocenters. The zero-order chi connectivity index (χ0) is 18.5. The van der Waals surface area contributed by atoms with Gasteiger partial charge in [-0.25, -0.2) is 0 Å². The highest BCUT2D eigenvalue weighted by atomic mass is 79.9. The third-order valence-electron chi connectivity index (χ3n) is 4.57. The summed E-state index contributed by atoms with van der Waals surface area (Å²) in [5.74, 6) is 0.173. The molecule has 0 N–H and O–H groups in total. The predicted octanol–water partition coefficient (Wildman–Crippen LogP) is 5.05. The molecule has 3 nitrogen and oxygen atoms in total. The number of allylic oxidation sites excluding steroid dienone is 3. The minimum Gasteiger partial charge on any atom is -0.371 e. The topological polar surface area (TPSA) is 37.4 Å². The molecule has 1 aliphatic rings. The van der Waals surface area contributed by atoms with Gasteiger partial charge in [0.2, 0.25) is 0 Å². The summed E-state index contributed by atoms with van der Waals surface area (Å²) in [5, 5.41) is 0. The number of nitrogens with zero attached hydrogens (tertiary/aromatic N) is 1. The summed E-state index contributed by atoms with van der Waals surface area (Å²) in [5.41, 5.74) is 2.33. The molecule has 2 aromatic rings. The van der Waals surface area contributed by atoms with Crippen molar-refractivity contribution in [1.29, 1.82) is 0 Å². The monoisotopic (exact) mass is 409 g/mol. The van der Waals surface area contributed by atoms with Crippen molar-refractivity contribution in [3.63, 3.8) is 0 Å². The molecule has 0 saturated heterocycles. The summed E-state index contributed by atoms with van der Waals surface area (Å²) in [4.78, 5) is 27.1. The second-order valence-corrected chi connectivity index (χ2v) is 7.24. The van der Waals surface area contributed by atoms with Gasteiger partial charge in [0.05, 0.1) is 12.5 Å². The van der Waals surface area contributed by atoms with Crippen molar-refractivity contribution < 1.29 is 9.59 Å². The quantitative estimate of drug-likeness (QED) is 0.626. The molecule has 0 amide bonds. The Bertz CT molecular complexity index is 853. The molecule has 1 heterocycles. The zero-order valence-electron chi connectivity index (χ0n) is 14.6. The number of benzene rings is 2. The van der Waals surface area contributed by atoms with E-state index in [0.29, 0.717) is 24.0 Å². The molecular weight excluding hydrogens is 390 g/mol. The first-order valence-corrected chi connectivity index (χ1v) is 9.31. The minimum atomic E-state index is -0.0466. The summed E-state index contributed by atoms with van der Waals surface area (Å²) in [7, 11) is 1.94. The van der Waals surface area contributed by atoms with Crippen LogP contribution in [0.25, 0.3) is 0 Å². The number of hydrogen-bond donors (Lipinski definition) is 0. The van der Waals surface area contributed by atoms with Crippen molar-refractivity contribution in [3.05, 3.63) is 94.1 Å². The summed E-state index contributed by atoms with van der Waals surface area (Å²) in [6.45, 7) is 0. The molecule has 4 heteroatoms. The van der Waals surface area contributed by atoms with Gasteiger partial charge in [-0.1, -0.05) is 70.5 Å². The van der Waals surface area contributed by atoms with E-state index in [0.717, 1.165) is 10.2 Å². The van der Waals surface area contributed by atoms with Crippen LogP contribution >= 0.6 is 15.9 Å². The van der Waals surface area contributed by atoms with Crippen LogP contribution in [0.1, 0.15) is 33.6 Å². The van der Waals surface area contributed by atoms with Gasteiger partial charge in [-0.05, 0) is 18.2 Å². The highest BCUT2D eigenvalue weighted by Gasteiger charge is 2.22. The average Bonchev–Trinajstić information content (AvgIpc) is 2.66. The number of likely N-dealkylation sites (N-methyl/N-ethyl adjacent to an activating group) is 1. The molecule has 0 fully saturated rings. The van der Waals surface area contributed by atoms with E-state index < -0.39 is 0 Å². The maximum Gasteiger partial charge on any atom is 0.168 e. The number of halogens is 1.